The molecule has 0 radical (unpaired) electrons. The summed E-state index contributed by atoms with van der Waals surface area (Å²) in [5.74, 6) is 1.60. The van der Waals surface area contributed by atoms with E-state index in [0.717, 1.165) is 11.8 Å². The fourth-order valence-electron chi connectivity index (χ4n) is 3.18. The largest absolute Gasteiger partial charge is 0.382 e. The summed E-state index contributed by atoms with van der Waals surface area (Å²) in [5.41, 5.74) is 1.26. The molecule has 0 saturated heterocycles. The number of hydrogen-bond donors (Lipinski definition) is 1. The minimum atomic E-state index is 0.600. The van der Waals surface area contributed by atoms with Gasteiger partial charge in [-0.1, -0.05) is 32.4 Å². The molecule has 1 aromatic heterocycles. The summed E-state index contributed by atoms with van der Waals surface area (Å²) in [6.07, 6.45) is 7.81. The number of nitrogens with zero attached hydrogens (tertiary/aromatic N) is 1. The minimum absolute atomic E-state index is 0.600. The zero-order valence-corrected chi connectivity index (χ0v) is 11.8. The van der Waals surface area contributed by atoms with Gasteiger partial charge in [0.15, 0.2) is 0 Å². The van der Waals surface area contributed by atoms with Crippen molar-refractivity contribution in [2.45, 2.75) is 39.2 Å². The van der Waals surface area contributed by atoms with Crippen molar-refractivity contribution < 1.29 is 0 Å². The normalized spacial score (nSPS) is 27.4. The summed E-state index contributed by atoms with van der Waals surface area (Å²) in [6.45, 7) is 4.74. The first-order valence-corrected chi connectivity index (χ1v) is 7.33. The van der Waals surface area contributed by atoms with Gasteiger partial charge in [0.05, 0.1) is 0 Å². The molecule has 0 aliphatic heterocycles. The molecule has 2 aromatic rings. The maximum atomic E-state index is 4.20. The lowest BCUT2D eigenvalue weighted by Gasteiger charge is -2.34. The standard InChI is InChI=1S/C17H22N2/c1-12-6-7-13(2)17(10-12)19-16-5-3-4-14-11-18-9-8-15(14)16/h3-5,8-9,11-13,17,19H,6-7,10H2,1-2H3. The molecule has 2 nitrogen and oxygen atoms in total. The predicted molar refractivity (Wildman–Crippen MR) is 81.3 cm³/mol. The molecular formula is C17H22N2. The van der Waals surface area contributed by atoms with Gasteiger partial charge >= 0.3 is 0 Å². The van der Waals surface area contributed by atoms with Gasteiger partial charge in [-0.15, -0.1) is 0 Å². The Hall–Kier alpha value is -1.57. The Labute approximate surface area is 115 Å². The minimum Gasteiger partial charge on any atom is -0.382 e. The average Bonchev–Trinajstić information content (AvgIpc) is 2.43. The smallest absolute Gasteiger partial charge is 0.0423 e. The molecular weight excluding hydrogens is 232 g/mol. The maximum Gasteiger partial charge on any atom is 0.0423 e. The van der Waals surface area contributed by atoms with E-state index in [0.29, 0.717) is 6.04 Å². The van der Waals surface area contributed by atoms with Crippen molar-refractivity contribution in [3.8, 4) is 0 Å². The summed E-state index contributed by atoms with van der Waals surface area (Å²) in [4.78, 5) is 4.20. The van der Waals surface area contributed by atoms with Crippen LogP contribution in [0.4, 0.5) is 5.69 Å². The molecule has 0 amide bonds. The van der Waals surface area contributed by atoms with Crippen molar-refractivity contribution >= 4 is 16.5 Å². The van der Waals surface area contributed by atoms with E-state index in [-0.39, 0.29) is 0 Å². The van der Waals surface area contributed by atoms with Crippen molar-refractivity contribution in [2.75, 3.05) is 5.32 Å². The van der Waals surface area contributed by atoms with E-state index in [1.165, 1.54) is 35.7 Å². The van der Waals surface area contributed by atoms with Crippen LogP contribution in [0.1, 0.15) is 33.1 Å². The summed E-state index contributed by atoms with van der Waals surface area (Å²) < 4.78 is 0. The number of rotatable bonds is 2. The van der Waals surface area contributed by atoms with Crippen molar-refractivity contribution in [3.05, 3.63) is 36.7 Å². The van der Waals surface area contributed by atoms with Crippen LogP contribution >= 0.6 is 0 Å². The summed E-state index contributed by atoms with van der Waals surface area (Å²) in [6, 6.07) is 9.13. The van der Waals surface area contributed by atoms with Crippen LogP contribution in [0.15, 0.2) is 36.7 Å². The van der Waals surface area contributed by atoms with Crippen LogP contribution in [0.2, 0.25) is 0 Å². The van der Waals surface area contributed by atoms with E-state index >= 15 is 0 Å². The van der Waals surface area contributed by atoms with E-state index in [9.17, 15) is 0 Å². The lowest BCUT2D eigenvalue weighted by molar-refractivity contribution is 0.281. The third kappa shape index (κ3) is 2.58. The number of pyridine rings is 1. The topological polar surface area (TPSA) is 24.9 Å². The Morgan fingerprint density at radius 1 is 1.16 bits per heavy atom. The molecule has 3 atom stereocenters. The molecule has 2 heteroatoms. The Morgan fingerprint density at radius 2 is 2.05 bits per heavy atom. The molecule has 1 saturated carbocycles. The highest BCUT2D eigenvalue weighted by Crippen LogP contribution is 2.32. The van der Waals surface area contributed by atoms with E-state index < -0.39 is 0 Å². The van der Waals surface area contributed by atoms with Crippen LogP contribution in [0.5, 0.6) is 0 Å². The summed E-state index contributed by atoms with van der Waals surface area (Å²) >= 11 is 0. The van der Waals surface area contributed by atoms with Crippen molar-refractivity contribution in [1.82, 2.24) is 4.98 Å². The Balaban J connectivity index is 1.88. The quantitative estimate of drug-likeness (QED) is 0.855. The average molecular weight is 254 g/mol. The number of fused-ring (bicyclic) bond motifs is 1. The van der Waals surface area contributed by atoms with Crippen LogP contribution in [0.3, 0.4) is 0 Å². The molecule has 1 heterocycles. The maximum absolute atomic E-state index is 4.20. The fourth-order valence-corrected chi connectivity index (χ4v) is 3.18. The van der Waals surface area contributed by atoms with Crippen LogP contribution in [-0.4, -0.2) is 11.0 Å². The molecule has 1 N–H and O–H groups in total. The molecule has 3 rings (SSSR count). The van der Waals surface area contributed by atoms with Crippen LogP contribution in [0.25, 0.3) is 10.8 Å². The Bertz CT molecular complexity index is 559. The van der Waals surface area contributed by atoms with Gasteiger partial charge in [-0.3, -0.25) is 4.98 Å². The highest BCUT2D eigenvalue weighted by molar-refractivity contribution is 5.93. The van der Waals surface area contributed by atoms with Gasteiger partial charge in [0.25, 0.3) is 0 Å². The first-order valence-electron chi connectivity index (χ1n) is 7.33. The van der Waals surface area contributed by atoms with Crippen LogP contribution < -0.4 is 5.32 Å². The molecule has 19 heavy (non-hydrogen) atoms. The number of nitrogens with one attached hydrogen (secondary N) is 1. The zero-order valence-electron chi connectivity index (χ0n) is 11.8. The zero-order chi connectivity index (χ0) is 13.2. The summed E-state index contributed by atoms with van der Waals surface area (Å²) in [5, 5.41) is 6.27. The monoisotopic (exact) mass is 254 g/mol. The molecule has 1 aromatic carbocycles. The Kier molecular flexibility index (Phi) is 3.41. The van der Waals surface area contributed by atoms with Gasteiger partial charge in [0.1, 0.15) is 0 Å². The molecule has 100 valence electrons. The number of benzene rings is 1. The van der Waals surface area contributed by atoms with E-state index in [1.54, 1.807) is 0 Å². The summed E-state index contributed by atoms with van der Waals surface area (Å²) in [7, 11) is 0. The second kappa shape index (κ2) is 5.20. The van der Waals surface area contributed by atoms with Crippen LogP contribution in [0, 0.1) is 11.8 Å². The Morgan fingerprint density at radius 3 is 2.95 bits per heavy atom. The van der Waals surface area contributed by atoms with Gasteiger partial charge in [-0.05, 0) is 36.8 Å². The highest BCUT2D eigenvalue weighted by Gasteiger charge is 2.25. The van der Waals surface area contributed by atoms with E-state index in [2.05, 4.69) is 48.4 Å². The van der Waals surface area contributed by atoms with Crippen LogP contribution in [-0.2, 0) is 0 Å². The SMILES string of the molecule is CC1CCC(C)C(Nc2cccc3cnccc23)C1. The number of hydrogen-bond acceptors (Lipinski definition) is 2. The van der Waals surface area contributed by atoms with Gasteiger partial charge in [0.2, 0.25) is 0 Å². The lowest BCUT2D eigenvalue weighted by Crippen LogP contribution is -2.33. The van der Waals surface area contributed by atoms with Gasteiger partial charge in [-0.25, -0.2) is 0 Å². The lowest BCUT2D eigenvalue weighted by atomic mass is 9.80. The van der Waals surface area contributed by atoms with E-state index in [4.69, 9.17) is 0 Å². The molecule has 3 unspecified atom stereocenters. The first kappa shape index (κ1) is 12.5. The number of anilines is 1. The van der Waals surface area contributed by atoms with Crippen molar-refractivity contribution in [1.29, 1.82) is 0 Å². The predicted octanol–water partition coefficient (Wildman–Crippen LogP) is 4.47. The van der Waals surface area contributed by atoms with Gasteiger partial charge < -0.3 is 5.32 Å². The molecule has 1 fully saturated rings. The molecule has 0 spiro atoms. The molecule has 0 bridgehead atoms. The highest BCUT2D eigenvalue weighted by atomic mass is 14.9. The molecule has 1 aliphatic carbocycles. The fraction of sp³-hybridized carbons (Fsp3) is 0.471. The van der Waals surface area contributed by atoms with E-state index in [1.807, 2.05) is 12.4 Å². The van der Waals surface area contributed by atoms with Crippen molar-refractivity contribution in [3.63, 3.8) is 0 Å². The number of aromatic nitrogens is 1. The van der Waals surface area contributed by atoms with Gasteiger partial charge in [-0.2, -0.15) is 0 Å². The third-order valence-corrected chi connectivity index (χ3v) is 4.48. The third-order valence-electron chi connectivity index (χ3n) is 4.48. The second-order valence-corrected chi connectivity index (χ2v) is 6.05. The first-order chi connectivity index (χ1) is 9.24. The van der Waals surface area contributed by atoms with Crippen molar-refractivity contribution in [2.24, 2.45) is 11.8 Å². The van der Waals surface area contributed by atoms with Gasteiger partial charge in [0, 0.05) is 34.9 Å². The second-order valence-electron chi connectivity index (χ2n) is 6.05. The molecule has 1 aliphatic rings.